The second kappa shape index (κ2) is 6.10. The van der Waals surface area contributed by atoms with E-state index in [0.29, 0.717) is 0 Å². The normalized spacial score (nSPS) is 14.0. The molecule has 0 aliphatic carbocycles. The van der Waals surface area contributed by atoms with Crippen LogP contribution in [0.3, 0.4) is 0 Å². The third-order valence-electron chi connectivity index (χ3n) is 3.58. The summed E-state index contributed by atoms with van der Waals surface area (Å²) < 4.78 is 4.73. The summed E-state index contributed by atoms with van der Waals surface area (Å²) in [5.74, 6) is 0.845. The molecule has 2 rings (SSSR count). The largest absolute Gasteiger partial charge is 0.497 e. The summed E-state index contributed by atoms with van der Waals surface area (Å²) in [4.78, 5) is 12.2. The van der Waals surface area contributed by atoms with E-state index in [1.807, 2.05) is 43.7 Å². The molecule has 2 aromatic carbocycles. The molecule has 0 aliphatic rings. The highest BCUT2D eigenvalue weighted by atomic mass is 32.2. The van der Waals surface area contributed by atoms with Crippen LogP contribution < -0.4 is 4.74 Å². The van der Waals surface area contributed by atoms with Gasteiger partial charge in [-0.2, -0.15) is 0 Å². The van der Waals surface area contributed by atoms with Crippen molar-refractivity contribution in [2.75, 3.05) is 19.6 Å². The van der Waals surface area contributed by atoms with Crippen molar-refractivity contribution in [3.8, 4) is 5.75 Å². The molecule has 0 saturated heterocycles. The van der Waals surface area contributed by atoms with Crippen molar-refractivity contribution in [1.29, 1.82) is 0 Å². The van der Waals surface area contributed by atoms with E-state index in [2.05, 4.69) is 12.1 Å². The maximum atomic E-state index is 12.2. The lowest BCUT2D eigenvalue weighted by Crippen LogP contribution is -2.26. The SMILES string of the molecule is COc1ccc2cc([C@](C)(SC)C(=O)SC)ccc2c1. The van der Waals surface area contributed by atoms with Crippen LogP contribution >= 0.6 is 23.5 Å². The molecule has 0 radical (unpaired) electrons. The van der Waals surface area contributed by atoms with Gasteiger partial charge >= 0.3 is 0 Å². The van der Waals surface area contributed by atoms with Crippen LogP contribution in [-0.4, -0.2) is 24.7 Å². The molecule has 0 aliphatic heterocycles. The monoisotopic (exact) mass is 306 g/mol. The minimum absolute atomic E-state index is 0.179. The summed E-state index contributed by atoms with van der Waals surface area (Å²) in [7, 11) is 1.66. The summed E-state index contributed by atoms with van der Waals surface area (Å²) in [5.41, 5.74) is 1.04. The molecule has 0 amide bonds. The molecule has 0 fully saturated rings. The molecule has 1 atom stereocenters. The quantitative estimate of drug-likeness (QED) is 0.840. The van der Waals surface area contributed by atoms with Crippen LogP contribution in [0.2, 0.25) is 0 Å². The number of hydrogen-bond acceptors (Lipinski definition) is 4. The van der Waals surface area contributed by atoms with Crippen LogP contribution in [-0.2, 0) is 9.54 Å². The predicted molar refractivity (Wildman–Crippen MR) is 89.9 cm³/mol. The van der Waals surface area contributed by atoms with Crippen molar-refractivity contribution >= 4 is 39.4 Å². The molecule has 106 valence electrons. The van der Waals surface area contributed by atoms with E-state index < -0.39 is 4.75 Å². The number of carbonyl (C=O) groups excluding carboxylic acids is 1. The third kappa shape index (κ3) is 2.67. The van der Waals surface area contributed by atoms with Gasteiger partial charge in [0.15, 0.2) is 0 Å². The number of carbonyl (C=O) groups is 1. The van der Waals surface area contributed by atoms with Crippen LogP contribution in [0.4, 0.5) is 0 Å². The number of rotatable bonds is 4. The molecular weight excluding hydrogens is 288 g/mol. The van der Waals surface area contributed by atoms with Gasteiger partial charge < -0.3 is 4.74 Å². The number of hydrogen-bond donors (Lipinski definition) is 0. The minimum atomic E-state index is -0.506. The fraction of sp³-hybridized carbons (Fsp3) is 0.312. The molecule has 0 N–H and O–H groups in total. The van der Waals surface area contributed by atoms with Gasteiger partial charge in [-0.15, -0.1) is 11.8 Å². The number of thioether (sulfide) groups is 2. The van der Waals surface area contributed by atoms with Gasteiger partial charge in [0.25, 0.3) is 0 Å². The second-order valence-corrected chi connectivity index (χ2v) is 6.66. The molecule has 0 aromatic heterocycles. The van der Waals surface area contributed by atoms with Gasteiger partial charge in [0.1, 0.15) is 10.5 Å². The summed E-state index contributed by atoms with van der Waals surface area (Å²) in [5, 5.41) is 2.42. The van der Waals surface area contributed by atoms with Crippen molar-refractivity contribution in [1.82, 2.24) is 0 Å². The fourth-order valence-corrected chi connectivity index (χ4v) is 3.70. The Bertz CT molecular complexity index is 639. The van der Waals surface area contributed by atoms with Gasteiger partial charge in [-0.25, -0.2) is 0 Å². The van der Waals surface area contributed by atoms with Crippen molar-refractivity contribution in [2.24, 2.45) is 0 Å². The Morgan fingerprint density at radius 2 is 1.75 bits per heavy atom. The molecule has 4 heteroatoms. The molecule has 0 saturated carbocycles. The average Bonchev–Trinajstić information content (AvgIpc) is 2.52. The first-order chi connectivity index (χ1) is 9.55. The molecule has 2 aromatic rings. The summed E-state index contributed by atoms with van der Waals surface area (Å²) in [6.07, 6.45) is 3.81. The molecule has 0 spiro atoms. The van der Waals surface area contributed by atoms with E-state index in [4.69, 9.17) is 4.74 Å². The second-order valence-electron chi connectivity index (χ2n) is 4.66. The minimum Gasteiger partial charge on any atom is -0.497 e. The highest BCUT2D eigenvalue weighted by Crippen LogP contribution is 2.39. The van der Waals surface area contributed by atoms with Gasteiger partial charge in [-0.05, 0) is 54.0 Å². The Hall–Kier alpha value is -1.13. The lowest BCUT2D eigenvalue weighted by molar-refractivity contribution is -0.112. The predicted octanol–water partition coefficient (Wildman–Crippen LogP) is 4.32. The smallest absolute Gasteiger partial charge is 0.208 e. The Morgan fingerprint density at radius 3 is 2.35 bits per heavy atom. The molecule has 0 heterocycles. The topological polar surface area (TPSA) is 26.3 Å². The van der Waals surface area contributed by atoms with E-state index >= 15 is 0 Å². The van der Waals surface area contributed by atoms with Crippen molar-refractivity contribution in [3.05, 3.63) is 42.0 Å². The summed E-state index contributed by atoms with van der Waals surface area (Å²) in [6.45, 7) is 1.99. The summed E-state index contributed by atoms with van der Waals surface area (Å²) in [6, 6.07) is 12.2. The zero-order valence-corrected chi connectivity index (χ0v) is 13.7. The zero-order valence-electron chi connectivity index (χ0n) is 12.1. The highest BCUT2D eigenvalue weighted by Gasteiger charge is 2.33. The van der Waals surface area contributed by atoms with Crippen LogP contribution in [0.5, 0.6) is 5.75 Å². The van der Waals surface area contributed by atoms with Crippen LogP contribution in [0.25, 0.3) is 10.8 Å². The van der Waals surface area contributed by atoms with Gasteiger partial charge in [-0.1, -0.05) is 30.0 Å². The van der Waals surface area contributed by atoms with Crippen molar-refractivity contribution < 1.29 is 9.53 Å². The first kappa shape index (κ1) is 15.3. The van der Waals surface area contributed by atoms with Gasteiger partial charge in [-0.3, -0.25) is 4.79 Å². The summed E-state index contributed by atoms with van der Waals surface area (Å²) >= 11 is 2.86. The fourth-order valence-electron chi connectivity index (χ4n) is 2.16. The first-order valence-corrected chi connectivity index (χ1v) is 8.72. The van der Waals surface area contributed by atoms with Gasteiger partial charge in [0, 0.05) is 0 Å². The maximum Gasteiger partial charge on any atom is 0.208 e. The van der Waals surface area contributed by atoms with E-state index in [0.717, 1.165) is 22.1 Å². The van der Waals surface area contributed by atoms with Crippen molar-refractivity contribution in [3.63, 3.8) is 0 Å². The Kier molecular flexibility index (Phi) is 4.66. The molecule has 2 nitrogen and oxygen atoms in total. The lowest BCUT2D eigenvalue weighted by Gasteiger charge is -2.25. The van der Waals surface area contributed by atoms with Gasteiger partial charge in [0.2, 0.25) is 5.12 Å². The average molecular weight is 306 g/mol. The van der Waals surface area contributed by atoms with Crippen LogP contribution in [0, 0.1) is 0 Å². The first-order valence-electron chi connectivity index (χ1n) is 6.27. The van der Waals surface area contributed by atoms with Gasteiger partial charge in [0.05, 0.1) is 7.11 Å². The molecular formula is C16H18O2S2. The number of ether oxygens (including phenoxy) is 1. The lowest BCUT2D eigenvalue weighted by atomic mass is 9.98. The Labute approximate surface area is 128 Å². The number of benzene rings is 2. The third-order valence-corrected chi connectivity index (χ3v) is 5.73. The zero-order chi connectivity index (χ0) is 14.8. The van der Waals surface area contributed by atoms with E-state index in [1.54, 1.807) is 18.9 Å². The number of fused-ring (bicyclic) bond motifs is 1. The van der Waals surface area contributed by atoms with E-state index in [-0.39, 0.29) is 5.12 Å². The Balaban J connectivity index is 2.53. The van der Waals surface area contributed by atoms with Crippen molar-refractivity contribution in [2.45, 2.75) is 11.7 Å². The number of methoxy groups -OCH3 is 1. The highest BCUT2D eigenvalue weighted by molar-refractivity contribution is 8.15. The van der Waals surface area contributed by atoms with E-state index in [9.17, 15) is 4.79 Å². The molecule has 0 bridgehead atoms. The van der Waals surface area contributed by atoms with E-state index in [1.165, 1.54) is 11.8 Å². The Morgan fingerprint density at radius 1 is 1.10 bits per heavy atom. The van der Waals surface area contributed by atoms with Crippen LogP contribution in [0.1, 0.15) is 12.5 Å². The van der Waals surface area contributed by atoms with Crippen LogP contribution in [0.15, 0.2) is 36.4 Å². The molecule has 20 heavy (non-hydrogen) atoms. The standard InChI is InChI=1S/C16H18O2S2/c1-16(20-4,15(17)19-3)13-7-5-12-10-14(18-2)8-6-11(12)9-13/h5-10H,1-4H3/t16-/m0/s1. The maximum absolute atomic E-state index is 12.2. The molecule has 0 unspecified atom stereocenters.